The molecule has 1 aromatic heterocycles. The second-order valence-corrected chi connectivity index (χ2v) is 5.85. The van der Waals surface area contributed by atoms with Crippen molar-refractivity contribution >= 4 is 5.91 Å². The number of amides is 1. The summed E-state index contributed by atoms with van der Waals surface area (Å²) >= 11 is 0. The van der Waals surface area contributed by atoms with Crippen molar-refractivity contribution in [3.8, 4) is 0 Å². The molecule has 0 bridgehead atoms. The van der Waals surface area contributed by atoms with Crippen LogP contribution in [0.2, 0.25) is 0 Å². The highest BCUT2D eigenvalue weighted by atomic mass is 16.5. The lowest BCUT2D eigenvalue weighted by molar-refractivity contribution is -0.130. The maximum absolute atomic E-state index is 12.0. The van der Waals surface area contributed by atoms with E-state index in [1.807, 2.05) is 12.3 Å². The summed E-state index contributed by atoms with van der Waals surface area (Å²) in [5.74, 6) is 0.866. The molecule has 0 unspecified atom stereocenters. The molecule has 122 valence electrons. The summed E-state index contributed by atoms with van der Waals surface area (Å²) in [5, 5.41) is 2.93. The number of aryl methyl sites for hydroxylation is 2. The Balaban J connectivity index is 1.46. The standard InChI is InChI=1S/C18H23N3O2/c22-18(16-9-5-13-23-16)20-14-17-19-10-12-21(17)11-4-8-15-6-2-1-3-7-15/h1-3,6-7,10,12,16H,4-5,8-9,11,13-14H2,(H,20,22)/t16-/m1/s1. The molecular weight excluding hydrogens is 290 g/mol. The van der Waals surface area contributed by atoms with Gasteiger partial charge in [-0.05, 0) is 31.2 Å². The van der Waals surface area contributed by atoms with Crippen LogP contribution in [0.1, 0.15) is 30.7 Å². The minimum Gasteiger partial charge on any atom is -0.368 e. The molecule has 5 heteroatoms. The normalized spacial score (nSPS) is 17.3. The van der Waals surface area contributed by atoms with Crippen molar-refractivity contribution in [3.63, 3.8) is 0 Å². The molecule has 1 fully saturated rings. The van der Waals surface area contributed by atoms with Crippen LogP contribution in [-0.2, 0) is 29.0 Å². The lowest BCUT2D eigenvalue weighted by Crippen LogP contribution is -2.34. The zero-order chi connectivity index (χ0) is 15.9. The van der Waals surface area contributed by atoms with Gasteiger partial charge in [0, 0.05) is 25.5 Å². The Morgan fingerprint density at radius 1 is 1.35 bits per heavy atom. The molecule has 1 saturated heterocycles. The molecule has 1 atom stereocenters. The first-order chi connectivity index (χ1) is 11.3. The smallest absolute Gasteiger partial charge is 0.249 e. The Hall–Kier alpha value is -2.14. The molecule has 1 N–H and O–H groups in total. The molecule has 0 radical (unpaired) electrons. The fourth-order valence-electron chi connectivity index (χ4n) is 2.87. The number of nitrogens with one attached hydrogen (secondary N) is 1. The van der Waals surface area contributed by atoms with Crippen LogP contribution in [0.15, 0.2) is 42.7 Å². The highest BCUT2D eigenvalue weighted by Gasteiger charge is 2.23. The van der Waals surface area contributed by atoms with Crippen molar-refractivity contribution in [1.29, 1.82) is 0 Å². The molecule has 0 spiro atoms. The van der Waals surface area contributed by atoms with Gasteiger partial charge >= 0.3 is 0 Å². The summed E-state index contributed by atoms with van der Waals surface area (Å²) in [6.07, 6.45) is 7.35. The van der Waals surface area contributed by atoms with E-state index in [-0.39, 0.29) is 12.0 Å². The molecular formula is C18H23N3O2. The fraction of sp³-hybridized carbons (Fsp3) is 0.444. The van der Waals surface area contributed by atoms with Gasteiger partial charge in [0.15, 0.2) is 0 Å². The molecule has 1 aliphatic rings. The molecule has 1 amide bonds. The second-order valence-electron chi connectivity index (χ2n) is 5.85. The van der Waals surface area contributed by atoms with Gasteiger partial charge in [-0.25, -0.2) is 4.98 Å². The van der Waals surface area contributed by atoms with Crippen LogP contribution in [0.3, 0.4) is 0 Å². The van der Waals surface area contributed by atoms with Crippen LogP contribution >= 0.6 is 0 Å². The predicted molar refractivity (Wildman–Crippen MR) is 87.8 cm³/mol. The Labute approximate surface area is 136 Å². The minimum absolute atomic E-state index is 0.0265. The summed E-state index contributed by atoms with van der Waals surface area (Å²) in [7, 11) is 0. The van der Waals surface area contributed by atoms with Gasteiger partial charge in [-0.15, -0.1) is 0 Å². The number of benzene rings is 1. The van der Waals surface area contributed by atoms with Crippen molar-refractivity contribution in [3.05, 3.63) is 54.1 Å². The predicted octanol–water partition coefficient (Wildman–Crippen LogP) is 2.31. The van der Waals surface area contributed by atoms with Crippen molar-refractivity contribution in [2.24, 2.45) is 0 Å². The van der Waals surface area contributed by atoms with E-state index >= 15 is 0 Å². The van der Waals surface area contributed by atoms with Crippen LogP contribution in [-0.4, -0.2) is 28.2 Å². The number of rotatable bonds is 7. The van der Waals surface area contributed by atoms with Crippen molar-refractivity contribution < 1.29 is 9.53 Å². The SMILES string of the molecule is O=C(NCc1nccn1CCCc1ccccc1)[C@H]1CCCO1. The number of imidazole rings is 1. The third-order valence-electron chi connectivity index (χ3n) is 4.15. The maximum atomic E-state index is 12.0. The summed E-state index contributed by atoms with van der Waals surface area (Å²) in [6, 6.07) is 10.5. The van der Waals surface area contributed by atoms with Gasteiger partial charge in [0.05, 0.1) is 6.54 Å². The van der Waals surface area contributed by atoms with Crippen LogP contribution in [0, 0.1) is 0 Å². The lowest BCUT2D eigenvalue weighted by Gasteiger charge is -2.12. The van der Waals surface area contributed by atoms with Crippen LogP contribution in [0.5, 0.6) is 0 Å². The summed E-state index contributed by atoms with van der Waals surface area (Å²) < 4.78 is 7.50. The molecule has 0 saturated carbocycles. The molecule has 1 aromatic carbocycles. The Kier molecular flexibility index (Phi) is 5.42. The molecule has 3 rings (SSSR count). The van der Waals surface area contributed by atoms with E-state index in [4.69, 9.17) is 4.74 Å². The van der Waals surface area contributed by atoms with E-state index in [0.717, 1.165) is 38.1 Å². The molecule has 1 aliphatic heterocycles. The first kappa shape index (κ1) is 15.7. The molecule has 2 aromatic rings. The number of aromatic nitrogens is 2. The van der Waals surface area contributed by atoms with Gasteiger partial charge < -0.3 is 14.6 Å². The van der Waals surface area contributed by atoms with Gasteiger partial charge in [-0.1, -0.05) is 30.3 Å². The number of carbonyl (C=O) groups excluding carboxylic acids is 1. The van der Waals surface area contributed by atoms with E-state index in [1.165, 1.54) is 5.56 Å². The number of carbonyl (C=O) groups is 1. The average molecular weight is 313 g/mol. The first-order valence-corrected chi connectivity index (χ1v) is 8.26. The topological polar surface area (TPSA) is 56.2 Å². The van der Waals surface area contributed by atoms with Crippen molar-refractivity contribution in [2.45, 2.75) is 44.9 Å². The zero-order valence-corrected chi connectivity index (χ0v) is 13.3. The van der Waals surface area contributed by atoms with Gasteiger partial charge in [0.1, 0.15) is 11.9 Å². The van der Waals surface area contributed by atoms with Crippen LogP contribution in [0.4, 0.5) is 0 Å². The summed E-state index contributed by atoms with van der Waals surface area (Å²) in [4.78, 5) is 16.3. The zero-order valence-electron chi connectivity index (χ0n) is 13.3. The van der Waals surface area contributed by atoms with Gasteiger partial charge in [0.2, 0.25) is 5.91 Å². The fourth-order valence-corrected chi connectivity index (χ4v) is 2.87. The Morgan fingerprint density at radius 2 is 2.22 bits per heavy atom. The van der Waals surface area contributed by atoms with E-state index in [9.17, 15) is 4.79 Å². The van der Waals surface area contributed by atoms with E-state index < -0.39 is 0 Å². The van der Waals surface area contributed by atoms with E-state index in [1.54, 1.807) is 6.20 Å². The van der Waals surface area contributed by atoms with Gasteiger partial charge in [-0.3, -0.25) is 4.79 Å². The molecule has 5 nitrogen and oxygen atoms in total. The minimum atomic E-state index is -0.281. The highest BCUT2D eigenvalue weighted by Crippen LogP contribution is 2.12. The number of hydrogen-bond donors (Lipinski definition) is 1. The van der Waals surface area contributed by atoms with Crippen LogP contribution < -0.4 is 5.32 Å². The monoisotopic (exact) mass is 313 g/mol. The van der Waals surface area contributed by atoms with Crippen molar-refractivity contribution in [1.82, 2.24) is 14.9 Å². The van der Waals surface area contributed by atoms with Crippen LogP contribution in [0.25, 0.3) is 0 Å². The van der Waals surface area contributed by atoms with Crippen molar-refractivity contribution in [2.75, 3.05) is 6.61 Å². The Morgan fingerprint density at radius 3 is 3.00 bits per heavy atom. The lowest BCUT2D eigenvalue weighted by atomic mass is 10.1. The third kappa shape index (κ3) is 4.42. The molecule has 23 heavy (non-hydrogen) atoms. The van der Waals surface area contributed by atoms with Gasteiger partial charge in [-0.2, -0.15) is 0 Å². The molecule has 2 heterocycles. The van der Waals surface area contributed by atoms with E-state index in [2.05, 4.69) is 39.1 Å². The third-order valence-corrected chi connectivity index (χ3v) is 4.15. The highest BCUT2D eigenvalue weighted by molar-refractivity contribution is 5.80. The Bertz CT molecular complexity index is 618. The molecule has 0 aliphatic carbocycles. The first-order valence-electron chi connectivity index (χ1n) is 8.26. The second kappa shape index (κ2) is 7.92. The van der Waals surface area contributed by atoms with E-state index in [0.29, 0.717) is 13.2 Å². The number of ether oxygens (including phenoxy) is 1. The quantitative estimate of drug-likeness (QED) is 0.853. The summed E-state index contributed by atoms with van der Waals surface area (Å²) in [5.41, 5.74) is 1.35. The summed E-state index contributed by atoms with van der Waals surface area (Å²) in [6.45, 7) is 2.04. The average Bonchev–Trinajstić information content (AvgIpc) is 3.26. The van der Waals surface area contributed by atoms with Gasteiger partial charge in [0.25, 0.3) is 0 Å². The number of hydrogen-bond acceptors (Lipinski definition) is 3. The largest absolute Gasteiger partial charge is 0.368 e. The number of nitrogens with zero attached hydrogens (tertiary/aromatic N) is 2. The maximum Gasteiger partial charge on any atom is 0.249 e.